The largest absolute Gasteiger partial charge is 0.138 e. The van der Waals surface area contributed by atoms with Gasteiger partial charge in [0.15, 0.2) is 0 Å². The van der Waals surface area contributed by atoms with E-state index in [1.807, 2.05) is 12.2 Å². The highest BCUT2D eigenvalue weighted by Gasteiger charge is 2.08. The summed E-state index contributed by atoms with van der Waals surface area (Å²) < 4.78 is 5.12. The van der Waals surface area contributed by atoms with Gasteiger partial charge in [-0.1, -0.05) is 22.7 Å². The zero-order valence-electron chi connectivity index (χ0n) is 8.44. The highest BCUT2D eigenvalue weighted by molar-refractivity contribution is 7.12. The number of aromatic nitrogens is 2. The Labute approximate surface area is 93.1 Å². The summed E-state index contributed by atoms with van der Waals surface area (Å²) in [7, 11) is 0. The van der Waals surface area contributed by atoms with Crippen molar-refractivity contribution in [1.29, 1.82) is 0 Å². The summed E-state index contributed by atoms with van der Waals surface area (Å²) >= 11 is 1.43. The van der Waals surface area contributed by atoms with Crippen LogP contribution in [0.3, 0.4) is 0 Å². The normalized spacial score (nSPS) is 10.4. The van der Waals surface area contributed by atoms with E-state index in [1.165, 1.54) is 22.7 Å². The molecule has 0 unspecified atom stereocenters. The molecular formula is C12H12N2S. The monoisotopic (exact) mass is 216 g/mol. The minimum Gasteiger partial charge on any atom is -0.138 e. The minimum atomic E-state index is 0.839. The van der Waals surface area contributed by atoms with Crippen molar-refractivity contribution in [3.8, 4) is 0 Å². The van der Waals surface area contributed by atoms with Gasteiger partial charge in [0.25, 0.3) is 0 Å². The Morgan fingerprint density at radius 3 is 2.73 bits per heavy atom. The number of fused-ring (bicyclic) bond motifs is 1. The molecule has 0 radical (unpaired) electrons. The summed E-state index contributed by atoms with van der Waals surface area (Å²) in [6, 6.07) is 4.20. The summed E-state index contributed by atoms with van der Waals surface area (Å²) in [5.74, 6) is 0. The first kappa shape index (κ1) is 10.1. The van der Waals surface area contributed by atoms with Gasteiger partial charge in [0.2, 0.25) is 0 Å². The Morgan fingerprint density at radius 2 is 2.00 bits per heavy atom. The molecule has 2 rings (SSSR count). The van der Waals surface area contributed by atoms with Crippen molar-refractivity contribution >= 4 is 21.7 Å². The van der Waals surface area contributed by atoms with Crippen LogP contribution in [0.1, 0.15) is 11.1 Å². The van der Waals surface area contributed by atoms with Crippen molar-refractivity contribution in [3.05, 3.63) is 48.6 Å². The zero-order chi connectivity index (χ0) is 10.7. The molecule has 15 heavy (non-hydrogen) atoms. The van der Waals surface area contributed by atoms with E-state index in [0.717, 1.165) is 23.1 Å². The molecule has 1 aromatic carbocycles. The average Bonchev–Trinajstić information content (AvgIpc) is 2.70. The van der Waals surface area contributed by atoms with Crippen molar-refractivity contribution in [2.24, 2.45) is 0 Å². The molecule has 0 aliphatic heterocycles. The third-order valence-electron chi connectivity index (χ3n) is 2.34. The van der Waals surface area contributed by atoms with E-state index in [1.54, 1.807) is 0 Å². The van der Waals surface area contributed by atoms with Gasteiger partial charge in [0, 0.05) is 0 Å². The van der Waals surface area contributed by atoms with Gasteiger partial charge in [0.05, 0.1) is 4.70 Å². The molecule has 0 spiro atoms. The number of hydrogen-bond acceptors (Lipinski definition) is 3. The van der Waals surface area contributed by atoms with E-state index in [4.69, 9.17) is 0 Å². The topological polar surface area (TPSA) is 25.8 Å². The molecule has 0 fully saturated rings. The quantitative estimate of drug-likeness (QED) is 0.734. The molecule has 2 aromatic rings. The second-order valence-electron chi connectivity index (χ2n) is 3.31. The van der Waals surface area contributed by atoms with Crippen LogP contribution in [0.4, 0.5) is 0 Å². The summed E-state index contributed by atoms with van der Waals surface area (Å²) in [6.07, 6.45) is 5.52. The lowest BCUT2D eigenvalue weighted by atomic mass is 10.0. The van der Waals surface area contributed by atoms with Gasteiger partial charge in [-0.05, 0) is 41.6 Å². The van der Waals surface area contributed by atoms with Crippen molar-refractivity contribution in [3.63, 3.8) is 0 Å². The maximum absolute atomic E-state index is 4.17. The van der Waals surface area contributed by atoms with Crippen molar-refractivity contribution < 1.29 is 0 Å². The van der Waals surface area contributed by atoms with Crippen LogP contribution in [-0.4, -0.2) is 9.59 Å². The molecule has 1 aromatic heterocycles. The molecule has 76 valence electrons. The lowest BCUT2D eigenvalue weighted by molar-refractivity contribution is 1.13. The summed E-state index contributed by atoms with van der Waals surface area (Å²) in [5.41, 5.74) is 3.51. The lowest BCUT2D eigenvalue weighted by Gasteiger charge is -2.05. The van der Waals surface area contributed by atoms with Crippen molar-refractivity contribution in [1.82, 2.24) is 9.59 Å². The number of hydrogen-bond donors (Lipinski definition) is 0. The van der Waals surface area contributed by atoms with Crippen LogP contribution in [0, 0.1) is 0 Å². The van der Waals surface area contributed by atoms with Gasteiger partial charge in [-0.15, -0.1) is 18.3 Å². The van der Waals surface area contributed by atoms with Crippen LogP contribution in [0.25, 0.3) is 10.2 Å². The SMILES string of the molecule is C=CCc1ccc2snnc2c1CC=C. The molecule has 0 aliphatic carbocycles. The molecule has 0 bridgehead atoms. The first-order chi connectivity index (χ1) is 7.36. The van der Waals surface area contributed by atoms with E-state index in [9.17, 15) is 0 Å². The van der Waals surface area contributed by atoms with Gasteiger partial charge < -0.3 is 0 Å². The summed E-state index contributed by atoms with van der Waals surface area (Å²) in [6.45, 7) is 7.54. The van der Waals surface area contributed by atoms with E-state index in [-0.39, 0.29) is 0 Å². The zero-order valence-corrected chi connectivity index (χ0v) is 9.26. The molecule has 0 aliphatic rings. The second-order valence-corrected chi connectivity index (χ2v) is 4.09. The Balaban J connectivity index is 2.62. The van der Waals surface area contributed by atoms with Gasteiger partial charge >= 0.3 is 0 Å². The number of rotatable bonds is 4. The molecule has 2 nitrogen and oxygen atoms in total. The van der Waals surface area contributed by atoms with Crippen LogP contribution >= 0.6 is 11.5 Å². The number of allylic oxidation sites excluding steroid dienone is 2. The Hall–Kier alpha value is -1.48. The highest BCUT2D eigenvalue weighted by atomic mass is 32.1. The highest BCUT2D eigenvalue weighted by Crippen LogP contribution is 2.24. The predicted molar refractivity (Wildman–Crippen MR) is 65.2 cm³/mol. The molecule has 0 saturated carbocycles. The van der Waals surface area contributed by atoms with Crippen LogP contribution in [0.2, 0.25) is 0 Å². The van der Waals surface area contributed by atoms with Crippen LogP contribution in [-0.2, 0) is 12.8 Å². The smallest absolute Gasteiger partial charge is 0.109 e. The fourth-order valence-corrected chi connectivity index (χ4v) is 2.25. The predicted octanol–water partition coefficient (Wildman–Crippen LogP) is 3.15. The Kier molecular flexibility index (Phi) is 2.92. The first-order valence-electron chi connectivity index (χ1n) is 4.81. The molecule has 0 saturated heterocycles. The number of nitrogens with zero attached hydrogens (tertiary/aromatic N) is 2. The van der Waals surface area contributed by atoms with Gasteiger partial charge in [0.1, 0.15) is 5.52 Å². The van der Waals surface area contributed by atoms with E-state index >= 15 is 0 Å². The third-order valence-corrected chi connectivity index (χ3v) is 3.02. The fraction of sp³-hybridized carbons (Fsp3) is 0.167. The van der Waals surface area contributed by atoms with Crippen LogP contribution in [0.5, 0.6) is 0 Å². The Bertz CT molecular complexity index is 499. The first-order valence-corrected chi connectivity index (χ1v) is 5.58. The average molecular weight is 216 g/mol. The summed E-state index contributed by atoms with van der Waals surface area (Å²) in [5, 5.41) is 4.17. The standard InChI is InChI=1S/C12H12N2S/c1-3-5-9-7-8-11-12(13-14-15-11)10(9)6-4-2/h3-4,7-8H,1-2,5-6H2. The summed E-state index contributed by atoms with van der Waals surface area (Å²) in [4.78, 5) is 0. The maximum Gasteiger partial charge on any atom is 0.109 e. The third kappa shape index (κ3) is 1.83. The van der Waals surface area contributed by atoms with E-state index in [2.05, 4.69) is 34.9 Å². The van der Waals surface area contributed by atoms with E-state index < -0.39 is 0 Å². The van der Waals surface area contributed by atoms with Crippen LogP contribution in [0.15, 0.2) is 37.4 Å². The van der Waals surface area contributed by atoms with Gasteiger partial charge in [-0.2, -0.15) is 0 Å². The minimum absolute atomic E-state index is 0.839. The van der Waals surface area contributed by atoms with Crippen molar-refractivity contribution in [2.45, 2.75) is 12.8 Å². The molecule has 0 N–H and O–H groups in total. The lowest BCUT2D eigenvalue weighted by Crippen LogP contribution is -1.93. The van der Waals surface area contributed by atoms with E-state index in [0.29, 0.717) is 0 Å². The molecule has 0 atom stereocenters. The second kappa shape index (κ2) is 4.36. The Morgan fingerprint density at radius 1 is 1.20 bits per heavy atom. The molecule has 0 amide bonds. The van der Waals surface area contributed by atoms with Crippen molar-refractivity contribution in [2.75, 3.05) is 0 Å². The van der Waals surface area contributed by atoms with Gasteiger partial charge in [-0.25, -0.2) is 0 Å². The molecule has 3 heteroatoms. The molecule has 1 heterocycles. The fourth-order valence-electron chi connectivity index (χ4n) is 1.66. The maximum atomic E-state index is 4.17. The number of benzene rings is 1. The molecular weight excluding hydrogens is 204 g/mol. The van der Waals surface area contributed by atoms with Gasteiger partial charge in [-0.3, -0.25) is 0 Å². The van der Waals surface area contributed by atoms with Crippen LogP contribution < -0.4 is 0 Å².